The third kappa shape index (κ3) is 1.79. The summed E-state index contributed by atoms with van der Waals surface area (Å²) in [6, 6.07) is 7.99. The van der Waals surface area contributed by atoms with Crippen molar-refractivity contribution in [2.45, 2.75) is 23.1 Å². The summed E-state index contributed by atoms with van der Waals surface area (Å²) in [5.74, 6) is -7.56. The van der Waals surface area contributed by atoms with Gasteiger partial charge in [-0.15, -0.1) is 0 Å². The van der Waals surface area contributed by atoms with Crippen molar-refractivity contribution in [3.05, 3.63) is 70.3 Å². The van der Waals surface area contributed by atoms with Gasteiger partial charge in [0, 0.05) is 16.7 Å². The number of aromatic carboxylic acids is 1. The number of hydrogen-bond donors (Lipinski definition) is 6. The zero-order chi connectivity index (χ0) is 20.6. The third-order valence-electron chi connectivity index (χ3n) is 5.51. The first-order valence-corrected chi connectivity index (χ1v) is 8.13. The molecule has 3 atom stereocenters. The number of rotatable bonds is 2. The van der Waals surface area contributed by atoms with Crippen LogP contribution in [0, 0.1) is 0 Å². The van der Waals surface area contributed by atoms with Gasteiger partial charge in [0.1, 0.15) is 6.10 Å². The van der Waals surface area contributed by atoms with Crippen LogP contribution in [0.15, 0.2) is 42.5 Å². The summed E-state index contributed by atoms with van der Waals surface area (Å²) in [4.78, 5) is 37.0. The number of hydrogen-bond acceptors (Lipinski definition) is 8. The van der Waals surface area contributed by atoms with Crippen LogP contribution in [-0.2, 0) is 5.79 Å². The normalized spacial score (nSPS) is 30.2. The van der Waals surface area contributed by atoms with E-state index in [9.17, 15) is 39.9 Å². The molecule has 0 radical (unpaired) electrons. The van der Waals surface area contributed by atoms with E-state index >= 15 is 0 Å². The first-order valence-electron chi connectivity index (χ1n) is 8.13. The minimum Gasteiger partial charge on any atom is -0.478 e. The van der Waals surface area contributed by atoms with Crippen LogP contribution in [0.25, 0.3) is 0 Å². The Morgan fingerprint density at radius 3 is 2.14 bits per heavy atom. The highest BCUT2D eigenvalue weighted by Crippen LogP contribution is 2.55. The van der Waals surface area contributed by atoms with Crippen LogP contribution in [0.2, 0.25) is 0 Å². The van der Waals surface area contributed by atoms with Gasteiger partial charge in [-0.05, 0) is 17.7 Å². The SMILES string of the molecule is O=C(O)c1ccc2c(c1)C(=O)C(O)(C1(O)C(=O)c3ccccc3C1(O)O)C2O. The van der Waals surface area contributed by atoms with E-state index in [1.807, 2.05) is 0 Å². The van der Waals surface area contributed by atoms with Crippen LogP contribution in [0.4, 0.5) is 0 Å². The van der Waals surface area contributed by atoms with E-state index in [4.69, 9.17) is 5.11 Å². The van der Waals surface area contributed by atoms with Gasteiger partial charge in [-0.1, -0.05) is 30.3 Å². The zero-order valence-electron chi connectivity index (χ0n) is 14.0. The third-order valence-corrected chi connectivity index (χ3v) is 5.51. The van der Waals surface area contributed by atoms with Gasteiger partial charge in [-0.2, -0.15) is 0 Å². The van der Waals surface area contributed by atoms with Gasteiger partial charge in [-0.3, -0.25) is 9.59 Å². The van der Waals surface area contributed by atoms with Crippen LogP contribution in [0.3, 0.4) is 0 Å². The molecule has 9 heteroatoms. The predicted molar refractivity (Wildman–Crippen MR) is 89.5 cm³/mol. The molecule has 0 saturated carbocycles. The minimum atomic E-state index is -3.54. The topological polar surface area (TPSA) is 173 Å². The fraction of sp³-hybridized carbons (Fsp3) is 0.211. The number of aliphatic hydroxyl groups is 5. The van der Waals surface area contributed by atoms with Crippen molar-refractivity contribution in [3.8, 4) is 0 Å². The smallest absolute Gasteiger partial charge is 0.335 e. The lowest BCUT2D eigenvalue weighted by Gasteiger charge is -2.43. The van der Waals surface area contributed by atoms with Crippen LogP contribution < -0.4 is 0 Å². The zero-order valence-corrected chi connectivity index (χ0v) is 14.0. The molecule has 9 nitrogen and oxygen atoms in total. The molecule has 0 spiro atoms. The van der Waals surface area contributed by atoms with E-state index in [2.05, 4.69) is 0 Å². The average molecular weight is 386 g/mol. The van der Waals surface area contributed by atoms with Gasteiger partial charge in [0.25, 0.3) is 0 Å². The lowest BCUT2D eigenvalue weighted by atomic mass is 9.72. The number of carbonyl (C=O) groups is 3. The summed E-state index contributed by atoms with van der Waals surface area (Å²) in [7, 11) is 0. The van der Waals surface area contributed by atoms with E-state index in [0.717, 1.165) is 24.3 Å². The molecule has 2 aliphatic carbocycles. The van der Waals surface area contributed by atoms with Crippen LogP contribution in [0.5, 0.6) is 0 Å². The first kappa shape index (κ1) is 18.4. The number of aliphatic hydroxyl groups excluding tert-OH is 1. The lowest BCUT2D eigenvalue weighted by molar-refractivity contribution is -0.308. The number of Topliss-reactive ketones (excluding diaryl/α,β-unsaturated/α-hetero) is 2. The molecule has 144 valence electrons. The maximum atomic E-state index is 12.9. The Balaban J connectivity index is 1.95. The summed E-state index contributed by atoms with van der Waals surface area (Å²) >= 11 is 0. The molecule has 28 heavy (non-hydrogen) atoms. The quantitative estimate of drug-likeness (QED) is 0.358. The van der Waals surface area contributed by atoms with Crippen molar-refractivity contribution in [2.24, 2.45) is 0 Å². The van der Waals surface area contributed by atoms with Crippen LogP contribution in [0.1, 0.15) is 48.3 Å². The maximum Gasteiger partial charge on any atom is 0.335 e. The Kier molecular flexibility index (Phi) is 3.49. The highest BCUT2D eigenvalue weighted by Gasteiger charge is 2.78. The van der Waals surface area contributed by atoms with Crippen molar-refractivity contribution >= 4 is 17.5 Å². The molecule has 0 aliphatic heterocycles. The van der Waals surface area contributed by atoms with Gasteiger partial charge in [0.05, 0.1) is 5.56 Å². The molecule has 2 aliphatic rings. The minimum absolute atomic E-state index is 0.259. The van der Waals surface area contributed by atoms with E-state index < -0.39 is 51.8 Å². The Bertz CT molecular complexity index is 1070. The molecule has 0 bridgehead atoms. The second-order valence-corrected chi connectivity index (χ2v) is 6.86. The second kappa shape index (κ2) is 5.31. The van der Waals surface area contributed by atoms with Gasteiger partial charge in [-0.25, -0.2) is 4.79 Å². The number of carbonyl (C=O) groups excluding carboxylic acids is 2. The summed E-state index contributed by atoms with van der Waals surface area (Å²) < 4.78 is 0. The average Bonchev–Trinajstić information content (AvgIpc) is 2.97. The molecule has 0 fully saturated rings. The molecule has 2 aromatic carbocycles. The number of ketones is 2. The summed E-state index contributed by atoms with van der Waals surface area (Å²) in [6.45, 7) is 0. The Hall–Kier alpha value is -2.95. The molecule has 3 unspecified atom stereocenters. The highest BCUT2D eigenvalue weighted by molar-refractivity contribution is 6.18. The molecule has 0 heterocycles. The largest absolute Gasteiger partial charge is 0.478 e. The van der Waals surface area contributed by atoms with Crippen molar-refractivity contribution in [2.75, 3.05) is 0 Å². The molecular weight excluding hydrogens is 372 g/mol. The number of carboxylic acid groups (broad SMARTS) is 1. The van der Waals surface area contributed by atoms with Crippen LogP contribution in [-0.4, -0.2) is 59.4 Å². The molecule has 0 amide bonds. The maximum absolute atomic E-state index is 12.9. The fourth-order valence-electron chi connectivity index (χ4n) is 4.01. The van der Waals surface area contributed by atoms with Crippen molar-refractivity contribution in [3.63, 3.8) is 0 Å². The molecule has 2 aromatic rings. The van der Waals surface area contributed by atoms with Gasteiger partial charge < -0.3 is 30.6 Å². The fourth-order valence-corrected chi connectivity index (χ4v) is 4.01. The van der Waals surface area contributed by atoms with Gasteiger partial charge in [0.2, 0.25) is 23.0 Å². The number of fused-ring (bicyclic) bond motifs is 2. The summed E-state index contributed by atoms with van der Waals surface area (Å²) in [5, 5.41) is 63.0. The van der Waals surface area contributed by atoms with E-state index in [1.165, 1.54) is 18.2 Å². The van der Waals surface area contributed by atoms with Crippen LogP contribution >= 0.6 is 0 Å². The standard InChI is InChI=1S/C19H14O9/c20-13-9-6-5-8(16(23)24)7-11(9)14(21)17(13,25)18(26)15(22)10-3-1-2-4-12(10)19(18,27)28/h1-7,13,20,25-28H,(H,23,24). The lowest BCUT2D eigenvalue weighted by Crippen LogP contribution is -2.71. The number of carboxylic acids is 1. The monoisotopic (exact) mass is 386 g/mol. The molecule has 6 N–H and O–H groups in total. The molecule has 4 rings (SSSR count). The Morgan fingerprint density at radius 1 is 0.893 bits per heavy atom. The van der Waals surface area contributed by atoms with Gasteiger partial charge >= 0.3 is 5.97 Å². The van der Waals surface area contributed by atoms with Gasteiger partial charge in [0.15, 0.2) is 5.60 Å². The summed E-state index contributed by atoms with van der Waals surface area (Å²) in [6.07, 6.45) is -2.22. The van der Waals surface area contributed by atoms with Crippen molar-refractivity contribution in [1.29, 1.82) is 0 Å². The Morgan fingerprint density at radius 2 is 1.54 bits per heavy atom. The molecule has 0 saturated heterocycles. The van der Waals surface area contributed by atoms with E-state index in [1.54, 1.807) is 0 Å². The predicted octanol–water partition coefficient (Wildman–Crippen LogP) is -0.889. The van der Waals surface area contributed by atoms with E-state index in [-0.39, 0.29) is 16.7 Å². The summed E-state index contributed by atoms with van der Waals surface area (Å²) in [5.41, 5.74) is -8.75. The van der Waals surface area contributed by atoms with E-state index in [0.29, 0.717) is 0 Å². The number of benzene rings is 2. The highest BCUT2D eigenvalue weighted by atomic mass is 16.5. The molecule has 0 aromatic heterocycles. The second-order valence-electron chi connectivity index (χ2n) is 6.86. The first-order chi connectivity index (χ1) is 13.0. The Labute approximate surface area is 156 Å². The molecular formula is C19H14O9. The van der Waals surface area contributed by atoms with Crippen molar-refractivity contribution < 1.29 is 45.0 Å². The van der Waals surface area contributed by atoms with Crippen molar-refractivity contribution in [1.82, 2.24) is 0 Å².